The molecule has 1 saturated carbocycles. The maximum atomic E-state index is 5.44. The lowest BCUT2D eigenvalue weighted by molar-refractivity contribution is 0.0823. The normalized spacial score (nSPS) is 26.2. The summed E-state index contributed by atoms with van der Waals surface area (Å²) in [5.74, 6) is 0. The fraction of sp³-hybridized carbons (Fsp3) is 1.00. The average Bonchev–Trinajstić information content (AvgIpc) is 2.35. The standard InChI is InChI=1S/C13H28N2O/c1-4-15(10-11-16-5-2)13-8-6-12(14-3)7-9-13/h12-14H,4-11H2,1-3H3. The Morgan fingerprint density at radius 3 is 2.38 bits per heavy atom. The van der Waals surface area contributed by atoms with Gasteiger partial charge in [-0.2, -0.15) is 0 Å². The number of hydrogen-bond acceptors (Lipinski definition) is 3. The third kappa shape index (κ3) is 4.40. The molecule has 3 heteroatoms. The highest BCUT2D eigenvalue weighted by atomic mass is 16.5. The van der Waals surface area contributed by atoms with Crippen LogP contribution in [0.4, 0.5) is 0 Å². The lowest BCUT2D eigenvalue weighted by Crippen LogP contribution is -2.42. The summed E-state index contributed by atoms with van der Waals surface area (Å²) in [6.45, 7) is 8.30. The number of likely N-dealkylation sites (N-methyl/N-ethyl adjacent to an activating group) is 1. The molecule has 0 unspecified atom stereocenters. The Hall–Kier alpha value is -0.120. The topological polar surface area (TPSA) is 24.5 Å². The largest absolute Gasteiger partial charge is 0.380 e. The molecular weight excluding hydrogens is 200 g/mol. The van der Waals surface area contributed by atoms with E-state index in [-0.39, 0.29) is 0 Å². The first kappa shape index (κ1) is 13.9. The molecule has 1 fully saturated rings. The predicted octanol–water partition coefficient (Wildman–Crippen LogP) is 1.88. The van der Waals surface area contributed by atoms with Crippen LogP contribution >= 0.6 is 0 Å². The van der Waals surface area contributed by atoms with Gasteiger partial charge in [0.1, 0.15) is 0 Å². The molecule has 1 aliphatic carbocycles. The molecule has 0 spiro atoms. The molecular formula is C13H28N2O. The molecule has 0 aliphatic heterocycles. The second kappa shape index (κ2) is 8.04. The number of rotatable bonds is 7. The van der Waals surface area contributed by atoms with Crippen LogP contribution in [-0.4, -0.2) is 50.3 Å². The van der Waals surface area contributed by atoms with Crippen LogP contribution in [0.1, 0.15) is 39.5 Å². The van der Waals surface area contributed by atoms with E-state index in [0.717, 1.165) is 38.4 Å². The van der Waals surface area contributed by atoms with E-state index in [4.69, 9.17) is 4.74 Å². The van der Waals surface area contributed by atoms with Crippen molar-refractivity contribution in [1.29, 1.82) is 0 Å². The van der Waals surface area contributed by atoms with Gasteiger partial charge in [-0.15, -0.1) is 0 Å². The molecule has 1 aliphatic rings. The fourth-order valence-electron chi connectivity index (χ4n) is 2.65. The minimum atomic E-state index is 0.752. The van der Waals surface area contributed by atoms with Gasteiger partial charge in [0, 0.05) is 25.2 Å². The minimum Gasteiger partial charge on any atom is -0.380 e. The van der Waals surface area contributed by atoms with Crippen molar-refractivity contribution in [3.63, 3.8) is 0 Å². The molecule has 1 N–H and O–H groups in total. The van der Waals surface area contributed by atoms with Crippen LogP contribution in [0.2, 0.25) is 0 Å². The number of nitrogens with one attached hydrogen (secondary N) is 1. The van der Waals surface area contributed by atoms with E-state index in [1.807, 2.05) is 0 Å². The molecule has 0 amide bonds. The quantitative estimate of drug-likeness (QED) is 0.673. The van der Waals surface area contributed by atoms with E-state index < -0.39 is 0 Å². The molecule has 16 heavy (non-hydrogen) atoms. The second-order valence-corrected chi connectivity index (χ2v) is 4.62. The van der Waals surface area contributed by atoms with E-state index in [2.05, 4.69) is 31.1 Å². The average molecular weight is 228 g/mol. The number of hydrogen-bond donors (Lipinski definition) is 1. The van der Waals surface area contributed by atoms with E-state index in [1.54, 1.807) is 0 Å². The molecule has 1 rings (SSSR count). The molecule has 0 bridgehead atoms. The number of nitrogens with zero attached hydrogens (tertiary/aromatic N) is 1. The molecule has 0 heterocycles. The van der Waals surface area contributed by atoms with E-state index in [1.165, 1.54) is 25.7 Å². The zero-order chi connectivity index (χ0) is 11.8. The van der Waals surface area contributed by atoms with E-state index in [9.17, 15) is 0 Å². The van der Waals surface area contributed by atoms with Gasteiger partial charge in [-0.3, -0.25) is 4.90 Å². The third-order valence-electron chi connectivity index (χ3n) is 3.75. The summed E-state index contributed by atoms with van der Waals surface area (Å²) in [4.78, 5) is 2.58. The van der Waals surface area contributed by atoms with E-state index in [0.29, 0.717) is 0 Å². The molecule has 3 nitrogen and oxygen atoms in total. The molecule has 0 aromatic heterocycles. The van der Waals surface area contributed by atoms with Crippen molar-refractivity contribution in [2.24, 2.45) is 0 Å². The zero-order valence-electron chi connectivity index (χ0n) is 11.2. The van der Waals surface area contributed by atoms with Crippen molar-refractivity contribution in [1.82, 2.24) is 10.2 Å². The van der Waals surface area contributed by atoms with Crippen LogP contribution in [0.5, 0.6) is 0 Å². The lowest BCUT2D eigenvalue weighted by atomic mass is 9.90. The van der Waals surface area contributed by atoms with Crippen molar-refractivity contribution in [3.8, 4) is 0 Å². The molecule has 0 aromatic carbocycles. The van der Waals surface area contributed by atoms with Gasteiger partial charge in [-0.1, -0.05) is 6.92 Å². The smallest absolute Gasteiger partial charge is 0.0593 e. The molecule has 0 saturated heterocycles. The first-order chi connectivity index (χ1) is 7.81. The van der Waals surface area contributed by atoms with Gasteiger partial charge in [-0.05, 0) is 46.2 Å². The highest BCUT2D eigenvalue weighted by molar-refractivity contribution is 4.81. The number of ether oxygens (including phenoxy) is 1. The Morgan fingerprint density at radius 1 is 1.19 bits per heavy atom. The van der Waals surface area contributed by atoms with Crippen LogP contribution in [0.3, 0.4) is 0 Å². The summed E-state index contributed by atoms with van der Waals surface area (Å²) in [6, 6.07) is 1.54. The highest BCUT2D eigenvalue weighted by Crippen LogP contribution is 2.22. The summed E-state index contributed by atoms with van der Waals surface area (Å²) in [5, 5.41) is 3.39. The van der Waals surface area contributed by atoms with Crippen LogP contribution in [0.15, 0.2) is 0 Å². The SMILES string of the molecule is CCOCCN(CC)C1CCC(NC)CC1. The maximum absolute atomic E-state index is 5.44. The van der Waals surface area contributed by atoms with Crippen molar-refractivity contribution in [2.45, 2.75) is 51.6 Å². The first-order valence-corrected chi connectivity index (χ1v) is 6.80. The lowest BCUT2D eigenvalue weighted by Gasteiger charge is -2.36. The summed E-state index contributed by atoms with van der Waals surface area (Å²) in [7, 11) is 2.08. The van der Waals surface area contributed by atoms with Gasteiger partial charge in [0.05, 0.1) is 6.61 Å². The first-order valence-electron chi connectivity index (χ1n) is 6.80. The Balaban J connectivity index is 2.25. The van der Waals surface area contributed by atoms with Gasteiger partial charge < -0.3 is 10.1 Å². The zero-order valence-corrected chi connectivity index (χ0v) is 11.2. The molecule has 0 atom stereocenters. The van der Waals surface area contributed by atoms with Gasteiger partial charge in [0.2, 0.25) is 0 Å². The molecule has 0 aromatic rings. The van der Waals surface area contributed by atoms with Crippen LogP contribution in [0.25, 0.3) is 0 Å². The van der Waals surface area contributed by atoms with Crippen molar-refractivity contribution < 1.29 is 4.74 Å². The second-order valence-electron chi connectivity index (χ2n) is 4.62. The molecule has 96 valence electrons. The van der Waals surface area contributed by atoms with Gasteiger partial charge in [0.25, 0.3) is 0 Å². The monoisotopic (exact) mass is 228 g/mol. The predicted molar refractivity (Wildman–Crippen MR) is 68.8 cm³/mol. The van der Waals surface area contributed by atoms with Crippen LogP contribution < -0.4 is 5.32 Å². The summed E-state index contributed by atoms with van der Waals surface area (Å²) in [6.07, 6.45) is 5.33. The van der Waals surface area contributed by atoms with Crippen molar-refractivity contribution >= 4 is 0 Å². The highest BCUT2D eigenvalue weighted by Gasteiger charge is 2.23. The van der Waals surface area contributed by atoms with Crippen molar-refractivity contribution in [3.05, 3.63) is 0 Å². The Morgan fingerprint density at radius 2 is 1.88 bits per heavy atom. The maximum Gasteiger partial charge on any atom is 0.0593 e. The summed E-state index contributed by atoms with van der Waals surface area (Å²) < 4.78 is 5.44. The van der Waals surface area contributed by atoms with E-state index >= 15 is 0 Å². The van der Waals surface area contributed by atoms with Crippen LogP contribution in [-0.2, 0) is 4.74 Å². The summed E-state index contributed by atoms with van der Waals surface area (Å²) in [5.41, 5.74) is 0. The van der Waals surface area contributed by atoms with Crippen molar-refractivity contribution in [2.75, 3.05) is 33.4 Å². The Bertz CT molecular complexity index is 165. The third-order valence-corrected chi connectivity index (χ3v) is 3.75. The fourth-order valence-corrected chi connectivity index (χ4v) is 2.65. The minimum absolute atomic E-state index is 0.752. The Labute approximate surface area is 101 Å². The van der Waals surface area contributed by atoms with Gasteiger partial charge in [-0.25, -0.2) is 0 Å². The van der Waals surface area contributed by atoms with Crippen LogP contribution in [0, 0.1) is 0 Å². The summed E-state index contributed by atoms with van der Waals surface area (Å²) >= 11 is 0. The Kier molecular flexibility index (Phi) is 7.01. The van der Waals surface area contributed by atoms with Gasteiger partial charge >= 0.3 is 0 Å². The van der Waals surface area contributed by atoms with Gasteiger partial charge in [0.15, 0.2) is 0 Å². The molecule has 0 radical (unpaired) electrons.